The number of hydrogen-bond acceptors (Lipinski definition) is 0. The summed E-state index contributed by atoms with van der Waals surface area (Å²) in [6, 6.07) is 14.1. The Kier molecular flexibility index (Phi) is 1.43. The Morgan fingerprint density at radius 1 is 0.818 bits per heavy atom. The molecule has 0 N–H and O–H groups in total. The Hall–Kier alpha value is -1.24. The van der Waals surface area contributed by atoms with Gasteiger partial charge < -0.3 is 0 Å². The molecule has 0 aliphatic rings. The van der Waals surface area contributed by atoms with Crippen LogP contribution in [0, 0.1) is 0 Å². The topological polar surface area (TPSA) is 0 Å². The molecule has 2 rings (SSSR count). The monoisotopic (exact) mass is 138 g/mol. The minimum atomic E-state index is 0.850. The summed E-state index contributed by atoms with van der Waals surface area (Å²) in [4.78, 5) is 0. The maximum Gasteiger partial charge on any atom is 0.114 e. The molecule has 2 aromatic carbocycles. The second kappa shape index (κ2) is 2.42. The first-order chi connectivity index (χ1) is 5.38. The second-order valence-corrected chi connectivity index (χ2v) is 2.57. The number of rotatable bonds is 0. The molecule has 0 atom stereocenters. The van der Waals surface area contributed by atoms with E-state index in [0.29, 0.717) is 0 Å². The van der Waals surface area contributed by atoms with Crippen LogP contribution in [0.2, 0.25) is 0 Å². The van der Waals surface area contributed by atoms with E-state index in [1.54, 1.807) is 0 Å². The highest BCUT2D eigenvalue weighted by Gasteiger charge is 1.91. The predicted molar refractivity (Wildman–Crippen MR) is 49.3 cm³/mol. The van der Waals surface area contributed by atoms with Gasteiger partial charge in [-0.1, -0.05) is 47.9 Å². The van der Waals surface area contributed by atoms with E-state index in [2.05, 4.69) is 12.1 Å². The van der Waals surface area contributed by atoms with Crippen LogP contribution in [0.3, 0.4) is 0 Å². The number of fused-ring (bicyclic) bond motifs is 1. The van der Waals surface area contributed by atoms with Gasteiger partial charge in [-0.3, -0.25) is 0 Å². The van der Waals surface area contributed by atoms with Crippen molar-refractivity contribution in [2.45, 2.75) is 0 Å². The summed E-state index contributed by atoms with van der Waals surface area (Å²) >= 11 is 0. The lowest BCUT2D eigenvalue weighted by Gasteiger charge is -1.99. The molecule has 0 bridgehead atoms. The van der Waals surface area contributed by atoms with Crippen molar-refractivity contribution < 1.29 is 0 Å². The van der Waals surface area contributed by atoms with Gasteiger partial charge in [-0.25, -0.2) is 0 Å². The summed E-state index contributed by atoms with van der Waals surface area (Å²) in [5.41, 5.74) is 0.850. The fourth-order valence-corrected chi connectivity index (χ4v) is 1.25. The molecule has 0 aliphatic carbocycles. The molecule has 0 fully saturated rings. The highest BCUT2D eigenvalue weighted by molar-refractivity contribution is 6.38. The van der Waals surface area contributed by atoms with Crippen LogP contribution in [0.4, 0.5) is 0 Å². The average molecular weight is 138 g/mol. The third-order valence-corrected chi connectivity index (χ3v) is 1.82. The minimum absolute atomic E-state index is 0.850. The first-order valence-electron chi connectivity index (χ1n) is 3.61. The molecular weight excluding hydrogens is 131 g/mol. The van der Waals surface area contributed by atoms with E-state index >= 15 is 0 Å². The highest BCUT2D eigenvalue weighted by Crippen LogP contribution is 2.08. The van der Waals surface area contributed by atoms with Crippen LogP contribution >= 0.6 is 0 Å². The van der Waals surface area contributed by atoms with Crippen LogP contribution < -0.4 is 5.46 Å². The van der Waals surface area contributed by atoms with Gasteiger partial charge in [0.25, 0.3) is 0 Å². The molecule has 1 heteroatoms. The van der Waals surface area contributed by atoms with Crippen LogP contribution in [0.25, 0.3) is 10.8 Å². The molecular formula is C10H7B. The quantitative estimate of drug-likeness (QED) is 0.485. The standard InChI is InChI=1S/C10H7B/c11-10-7-3-5-8-4-1-2-6-9(8)10/h1-7H. The largest absolute Gasteiger partial charge is 0.114 e. The van der Waals surface area contributed by atoms with Crippen molar-refractivity contribution in [2.24, 2.45) is 0 Å². The summed E-state index contributed by atoms with van der Waals surface area (Å²) in [6.07, 6.45) is 0. The molecule has 0 nitrogen and oxygen atoms in total. The maximum absolute atomic E-state index is 5.76. The molecule has 0 aromatic heterocycles. The van der Waals surface area contributed by atoms with Crippen LogP contribution in [-0.4, -0.2) is 7.85 Å². The van der Waals surface area contributed by atoms with Crippen molar-refractivity contribution in [1.82, 2.24) is 0 Å². The molecule has 0 amide bonds. The van der Waals surface area contributed by atoms with Crippen molar-refractivity contribution in [3.63, 3.8) is 0 Å². The van der Waals surface area contributed by atoms with Crippen LogP contribution in [0.5, 0.6) is 0 Å². The highest BCUT2D eigenvalue weighted by atomic mass is 13.9. The minimum Gasteiger partial charge on any atom is -0.0890 e. The zero-order chi connectivity index (χ0) is 7.68. The van der Waals surface area contributed by atoms with Crippen molar-refractivity contribution in [2.75, 3.05) is 0 Å². The van der Waals surface area contributed by atoms with Crippen molar-refractivity contribution >= 4 is 24.1 Å². The van der Waals surface area contributed by atoms with E-state index < -0.39 is 0 Å². The molecule has 0 aliphatic heterocycles. The van der Waals surface area contributed by atoms with Gasteiger partial charge in [-0.05, 0) is 10.8 Å². The summed E-state index contributed by atoms with van der Waals surface area (Å²) < 4.78 is 0. The van der Waals surface area contributed by atoms with Crippen molar-refractivity contribution in [3.8, 4) is 0 Å². The molecule has 2 radical (unpaired) electrons. The third kappa shape index (κ3) is 1.03. The van der Waals surface area contributed by atoms with E-state index in [4.69, 9.17) is 7.85 Å². The average Bonchev–Trinajstić information content (AvgIpc) is 2.06. The molecule has 0 heterocycles. The molecule has 11 heavy (non-hydrogen) atoms. The lowest BCUT2D eigenvalue weighted by Crippen LogP contribution is -2.01. The molecule has 0 saturated heterocycles. The van der Waals surface area contributed by atoms with Gasteiger partial charge >= 0.3 is 0 Å². The smallest absolute Gasteiger partial charge is 0.0890 e. The van der Waals surface area contributed by atoms with Gasteiger partial charge in [0.15, 0.2) is 0 Å². The van der Waals surface area contributed by atoms with Gasteiger partial charge in [0.2, 0.25) is 0 Å². The molecule has 0 spiro atoms. The lowest BCUT2D eigenvalue weighted by molar-refractivity contribution is 1.78. The first kappa shape index (κ1) is 6.47. The zero-order valence-corrected chi connectivity index (χ0v) is 6.12. The second-order valence-electron chi connectivity index (χ2n) is 2.57. The van der Waals surface area contributed by atoms with E-state index in [1.165, 1.54) is 5.39 Å². The van der Waals surface area contributed by atoms with E-state index in [1.807, 2.05) is 30.3 Å². The predicted octanol–water partition coefficient (Wildman–Crippen LogP) is 1.63. The summed E-state index contributed by atoms with van der Waals surface area (Å²) in [7, 11) is 5.76. The molecule has 0 saturated carbocycles. The fraction of sp³-hybridized carbons (Fsp3) is 0. The van der Waals surface area contributed by atoms with Crippen LogP contribution in [0.15, 0.2) is 42.5 Å². The molecule has 50 valence electrons. The summed E-state index contributed by atoms with van der Waals surface area (Å²) in [6.45, 7) is 0. The Balaban J connectivity index is 2.91. The van der Waals surface area contributed by atoms with Crippen molar-refractivity contribution in [1.29, 1.82) is 0 Å². The van der Waals surface area contributed by atoms with E-state index in [0.717, 1.165) is 10.8 Å². The summed E-state index contributed by atoms with van der Waals surface area (Å²) in [5, 5.41) is 2.34. The van der Waals surface area contributed by atoms with E-state index in [9.17, 15) is 0 Å². The Morgan fingerprint density at radius 3 is 2.36 bits per heavy atom. The van der Waals surface area contributed by atoms with Crippen molar-refractivity contribution in [3.05, 3.63) is 42.5 Å². The van der Waals surface area contributed by atoms with Gasteiger partial charge in [-0.2, -0.15) is 0 Å². The van der Waals surface area contributed by atoms with Gasteiger partial charge in [0, 0.05) is 0 Å². The zero-order valence-electron chi connectivity index (χ0n) is 6.12. The lowest BCUT2D eigenvalue weighted by atomic mass is 9.90. The Bertz CT molecular complexity index is 374. The normalized spacial score (nSPS) is 10.2. The maximum atomic E-state index is 5.76. The number of benzene rings is 2. The third-order valence-electron chi connectivity index (χ3n) is 1.82. The first-order valence-corrected chi connectivity index (χ1v) is 3.61. The number of hydrogen-bond donors (Lipinski definition) is 0. The van der Waals surface area contributed by atoms with Crippen LogP contribution in [0.1, 0.15) is 0 Å². The molecule has 0 unspecified atom stereocenters. The molecule has 2 aromatic rings. The van der Waals surface area contributed by atoms with Crippen LogP contribution in [-0.2, 0) is 0 Å². The Labute approximate surface area is 67.3 Å². The van der Waals surface area contributed by atoms with Gasteiger partial charge in [0.05, 0.1) is 0 Å². The van der Waals surface area contributed by atoms with Gasteiger partial charge in [-0.15, -0.1) is 0 Å². The van der Waals surface area contributed by atoms with E-state index in [-0.39, 0.29) is 0 Å². The summed E-state index contributed by atoms with van der Waals surface area (Å²) in [5.74, 6) is 0. The fourth-order valence-electron chi connectivity index (χ4n) is 1.25. The Morgan fingerprint density at radius 2 is 1.55 bits per heavy atom. The van der Waals surface area contributed by atoms with Gasteiger partial charge in [0.1, 0.15) is 7.85 Å². The SMILES string of the molecule is [B]c1cccc2ccccc12.